The van der Waals surface area contributed by atoms with Crippen LogP contribution in [0.15, 0.2) is 22.8 Å². The van der Waals surface area contributed by atoms with E-state index in [2.05, 4.69) is 11.1 Å². The summed E-state index contributed by atoms with van der Waals surface area (Å²) in [5.41, 5.74) is 3.39. The molecule has 0 radical (unpaired) electrons. The fourth-order valence-corrected chi connectivity index (χ4v) is 2.74. The van der Waals surface area contributed by atoms with Crippen LogP contribution in [0.25, 0.3) is 11.3 Å². The molecule has 3 nitrogen and oxygen atoms in total. The van der Waals surface area contributed by atoms with Gasteiger partial charge < -0.3 is 4.42 Å². The third-order valence-electron chi connectivity index (χ3n) is 3.31. The van der Waals surface area contributed by atoms with Crippen molar-refractivity contribution in [2.24, 2.45) is 0 Å². The summed E-state index contributed by atoms with van der Waals surface area (Å²) in [7, 11) is 0. The van der Waals surface area contributed by atoms with Gasteiger partial charge in [0.15, 0.2) is 0 Å². The smallest absolute Gasteiger partial charge is 0.147 e. The van der Waals surface area contributed by atoms with Gasteiger partial charge in [0.25, 0.3) is 0 Å². The van der Waals surface area contributed by atoms with Crippen molar-refractivity contribution in [2.75, 3.05) is 0 Å². The Labute approximate surface area is 110 Å². The Bertz CT molecular complexity index is 626. The van der Waals surface area contributed by atoms with Crippen LogP contribution in [0.3, 0.4) is 0 Å². The van der Waals surface area contributed by atoms with E-state index in [1.54, 1.807) is 6.26 Å². The van der Waals surface area contributed by atoms with Gasteiger partial charge in [-0.3, -0.25) is 0 Å². The first-order valence-electron chi connectivity index (χ1n) is 5.96. The highest BCUT2D eigenvalue weighted by Gasteiger charge is 2.23. The fourth-order valence-electron chi connectivity index (χ4n) is 2.51. The third-order valence-corrected chi connectivity index (χ3v) is 3.58. The van der Waals surface area contributed by atoms with E-state index in [0.29, 0.717) is 11.3 Å². The highest BCUT2D eigenvalue weighted by Crippen LogP contribution is 2.36. The lowest BCUT2D eigenvalue weighted by Crippen LogP contribution is -2.09. The average molecular weight is 259 g/mol. The van der Waals surface area contributed by atoms with E-state index in [9.17, 15) is 5.26 Å². The Kier molecular flexibility index (Phi) is 2.81. The monoisotopic (exact) mass is 258 g/mol. The predicted molar refractivity (Wildman–Crippen MR) is 68.3 cm³/mol. The minimum atomic E-state index is 0.282. The molecule has 0 atom stereocenters. The average Bonchev–Trinajstić information content (AvgIpc) is 2.90. The molecule has 0 saturated carbocycles. The molecule has 0 fully saturated rings. The van der Waals surface area contributed by atoms with Crippen LogP contribution in [0, 0.1) is 11.3 Å². The topological polar surface area (TPSA) is 49.8 Å². The van der Waals surface area contributed by atoms with Crippen LogP contribution in [-0.4, -0.2) is 4.98 Å². The lowest BCUT2D eigenvalue weighted by molar-refractivity contribution is 0.578. The van der Waals surface area contributed by atoms with Crippen molar-refractivity contribution in [3.63, 3.8) is 0 Å². The molecule has 1 aliphatic carbocycles. The molecule has 3 rings (SSSR count). The highest BCUT2D eigenvalue weighted by molar-refractivity contribution is 6.31. The number of hydrogen-bond donors (Lipinski definition) is 0. The second kappa shape index (κ2) is 4.47. The first kappa shape index (κ1) is 11.3. The third kappa shape index (κ3) is 1.70. The fraction of sp³-hybridized carbons (Fsp3) is 0.286. The van der Waals surface area contributed by atoms with E-state index >= 15 is 0 Å². The van der Waals surface area contributed by atoms with Gasteiger partial charge >= 0.3 is 0 Å². The Morgan fingerprint density at radius 1 is 1.33 bits per heavy atom. The van der Waals surface area contributed by atoms with Crippen LogP contribution in [0.1, 0.15) is 29.7 Å². The van der Waals surface area contributed by atoms with Crippen molar-refractivity contribution in [2.45, 2.75) is 25.7 Å². The van der Waals surface area contributed by atoms with E-state index in [0.717, 1.165) is 42.5 Å². The van der Waals surface area contributed by atoms with Gasteiger partial charge in [-0.25, -0.2) is 4.98 Å². The van der Waals surface area contributed by atoms with Crippen molar-refractivity contribution in [1.29, 1.82) is 5.26 Å². The molecule has 1 aliphatic rings. The van der Waals surface area contributed by atoms with Gasteiger partial charge in [-0.05, 0) is 43.4 Å². The zero-order valence-corrected chi connectivity index (χ0v) is 10.5. The summed E-state index contributed by atoms with van der Waals surface area (Å²) in [6.07, 6.45) is 5.72. The first-order chi connectivity index (χ1) is 8.81. The lowest BCUT2D eigenvalue weighted by atomic mass is 9.89. The molecule has 0 amide bonds. The summed E-state index contributed by atoms with van der Waals surface area (Å²) < 4.78 is 5.45. The number of halogens is 1. The van der Waals surface area contributed by atoms with E-state index in [4.69, 9.17) is 16.0 Å². The van der Waals surface area contributed by atoms with E-state index in [1.807, 2.05) is 12.1 Å². The normalized spacial score (nSPS) is 14.0. The number of nitrogens with zero attached hydrogens (tertiary/aromatic N) is 2. The summed E-state index contributed by atoms with van der Waals surface area (Å²) in [6, 6.07) is 5.83. The molecule has 2 heterocycles. The molecule has 90 valence electrons. The van der Waals surface area contributed by atoms with Crippen molar-refractivity contribution < 1.29 is 4.42 Å². The van der Waals surface area contributed by atoms with Gasteiger partial charge in [-0.2, -0.15) is 5.26 Å². The summed E-state index contributed by atoms with van der Waals surface area (Å²) >= 11 is 6.11. The summed E-state index contributed by atoms with van der Waals surface area (Å²) in [5, 5.41) is 9.57. The number of aromatic nitrogens is 1. The Morgan fingerprint density at radius 2 is 2.17 bits per heavy atom. The number of rotatable bonds is 1. The minimum Gasteiger partial charge on any atom is -0.464 e. The quantitative estimate of drug-likeness (QED) is 0.732. The van der Waals surface area contributed by atoms with Crippen LogP contribution in [-0.2, 0) is 12.8 Å². The largest absolute Gasteiger partial charge is 0.464 e. The maximum atomic E-state index is 9.28. The number of pyridine rings is 1. The minimum absolute atomic E-state index is 0.282. The summed E-state index contributed by atoms with van der Waals surface area (Å²) in [6.45, 7) is 0. The van der Waals surface area contributed by atoms with Gasteiger partial charge in [-0.1, -0.05) is 11.6 Å². The highest BCUT2D eigenvalue weighted by atomic mass is 35.5. The Morgan fingerprint density at radius 3 is 2.89 bits per heavy atom. The molecule has 0 N–H and O–H groups in total. The summed E-state index contributed by atoms with van der Waals surface area (Å²) in [4.78, 5) is 4.36. The number of aryl methyl sites for hydroxylation is 1. The van der Waals surface area contributed by atoms with Crippen LogP contribution in [0.4, 0.5) is 0 Å². The molecule has 0 aromatic carbocycles. The van der Waals surface area contributed by atoms with E-state index in [-0.39, 0.29) is 5.15 Å². The van der Waals surface area contributed by atoms with Crippen LogP contribution in [0.2, 0.25) is 5.15 Å². The van der Waals surface area contributed by atoms with Gasteiger partial charge in [0.1, 0.15) is 22.5 Å². The SMILES string of the molecule is N#Cc1c(Cl)nc2c(c1-c1ccco1)CCCC2. The maximum absolute atomic E-state index is 9.28. The molecule has 18 heavy (non-hydrogen) atoms. The van der Waals surface area contributed by atoms with Crippen LogP contribution >= 0.6 is 11.6 Å². The number of furan rings is 1. The van der Waals surface area contributed by atoms with Gasteiger partial charge in [-0.15, -0.1) is 0 Å². The van der Waals surface area contributed by atoms with Crippen LogP contribution in [0.5, 0.6) is 0 Å². The van der Waals surface area contributed by atoms with Crippen LogP contribution < -0.4 is 0 Å². The molecule has 0 saturated heterocycles. The molecule has 0 spiro atoms. The lowest BCUT2D eigenvalue weighted by Gasteiger charge is -2.19. The molecule has 2 aromatic rings. The molecule has 0 unspecified atom stereocenters. The molecular weight excluding hydrogens is 248 g/mol. The summed E-state index contributed by atoms with van der Waals surface area (Å²) in [5.74, 6) is 0.703. The van der Waals surface area contributed by atoms with E-state index in [1.165, 1.54) is 0 Å². The van der Waals surface area contributed by atoms with Crippen molar-refractivity contribution in [1.82, 2.24) is 4.98 Å². The van der Waals surface area contributed by atoms with Gasteiger partial charge in [0, 0.05) is 11.3 Å². The molecule has 4 heteroatoms. The number of nitriles is 1. The van der Waals surface area contributed by atoms with Crippen molar-refractivity contribution in [3.8, 4) is 17.4 Å². The van der Waals surface area contributed by atoms with Gasteiger partial charge in [0.2, 0.25) is 0 Å². The number of hydrogen-bond acceptors (Lipinski definition) is 3. The Hall–Kier alpha value is -1.79. The maximum Gasteiger partial charge on any atom is 0.147 e. The number of fused-ring (bicyclic) bond motifs is 1. The zero-order valence-electron chi connectivity index (χ0n) is 9.74. The zero-order chi connectivity index (χ0) is 12.5. The second-order valence-corrected chi connectivity index (χ2v) is 4.73. The molecule has 2 aromatic heterocycles. The predicted octanol–water partition coefficient (Wildman–Crippen LogP) is 3.75. The van der Waals surface area contributed by atoms with Gasteiger partial charge in [0.05, 0.1) is 6.26 Å². The van der Waals surface area contributed by atoms with Crippen molar-refractivity contribution >= 4 is 11.6 Å². The van der Waals surface area contributed by atoms with Crippen molar-refractivity contribution in [3.05, 3.63) is 40.4 Å². The molecular formula is C14H11ClN2O. The van der Waals surface area contributed by atoms with E-state index < -0.39 is 0 Å². The molecule has 0 bridgehead atoms. The standard InChI is InChI=1S/C14H11ClN2O/c15-14-10(8-16)13(12-6-3-7-18-12)9-4-1-2-5-11(9)17-14/h3,6-7H,1-2,4-5H2. The second-order valence-electron chi connectivity index (χ2n) is 4.37. The first-order valence-corrected chi connectivity index (χ1v) is 6.34. The Balaban J connectivity index is 2.33. The molecule has 0 aliphatic heterocycles.